The summed E-state index contributed by atoms with van der Waals surface area (Å²) in [5.41, 5.74) is 4.39. The number of hydrogen-bond donors (Lipinski definition) is 2. The van der Waals surface area contributed by atoms with Crippen LogP contribution in [0, 0.1) is 0 Å². The molecule has 0 bridgehead atoms. The molecule has 2 aromatic rings. The van der Waals surface area contributed by atoms with Crippen molar-refractivity contribution in [2.24, 2.45) is 5.73 Å². The lowest BCUT2D eigenvalue weighted by atomic mass is 10.1. The molecule has 0 saturated heterocycles. The largest absolute Gasteiger partial charge is 0.473 e. The van der Waals surface area contributed by atoms with Gasteiger partial charge in [-0.05, 0) is 75.9 Å². The summed E-state index contributed by atoms with van der Waals surface area (Å²) < 4.78 is 60.7. The van der Waals surface area contributed by atoms with E-state index in [-0.39, 0.29) is 22.8 Å². The molecule has 0 aliphatic carbocycles. The minimum absolute atomic E-state index is 0.0151. The Morgan fingerprint density at radius 2 is 1.85 bits per heavy atom. The number of phosphoric acid groups is 1. The standard InChI is InChI=1S/C22H26ClF3NO5PS/c1-14(28)18-10-8-16(22(24,25)26)12-20(18)34-17-9-7-15(19(23)13-17)6-4-5-11-31-33(29,30)32-21(2,3)27/h7-10,12-13H,4-6,11,27H2,1-3H3,(H,29,30). The number of aryl methyl sites for hydroxylation is 1. The first-order valence-corrected chi connectivity index (χ1v) is 12.9. The van der Waals surface area contributed by atoms with Gasteiger partial charge in [0.1, 0.15) is 5.72 Å². The molecule has 0 saturated carbocycles. The molecule has 0 radical (unpaired) electrons. The molecule has 0 heterocycles. The first-order valence-electron chi connectivity index (χ1n) is 10.2. The van der Waals surface area contributed by atoms with Crippen molar-refractivity contribution in [1.29, 1.82) is 0 Å². The predicted octanol–water partition coefficient (Wildman–Crippen LogP) is 6.86. The molecule has 1 atom stereocenters. The Morgan fingerprint density at radius 1 is 1.18 bits per heavy atom. The van der Waals surface area contributed by atoms with E-state index in [1.807, 2.05) is 0 Å². The van der Waals surface area contributed by atoms with Crippen LogP contribution >= 0.6 is 31.2 Å². The summed E-state index contributed by atoms with van der Waals surface area (Å²) in [7, 11) is -4.25. The number of nitrogens with two attached hydrogens (primary N) is 1. The smallest absolute Gasteiger partial charge is 0.303 e. The SMILES string of the molecule is CC(=O)c1ccc(C(F)(F)F)cc1Sc1ccc(CCCCOP(=O)(O)OC(C)(C)N)c(Cl)c1. The van der Waals surface area contributed by atoms with Gasteiger partial charge >= 0.3 is 14.0 Å². The van der Waals surface area contributed by atoms with Gasteiger partial charge < -0.3 is 10.6 Å². The number of Topliss-reactive ketones (excluding diaryl/α,β-unsaturated/α-hetero) is 1. The van der Waals surface area contributed by atoms with Crippen LogP contribution in [0.3, 0.4) is 0 Å². The number of alkyl halides is 3. The van der Waals surface area contributed by atoms with E-state index < -0.39 is 25.3 Å². The van der Waals surface area contributed by atoms with Gasteiger partial charge in [0.25, 0.3) is 0 Å². The van der Waals surface area contributed by atoms with E-state index in [1.165, 1.54) is 26.8 Å². The highest BCUT2D eigenvalue weighted by molar-refractivity contribution is 7.99. The predicted molar refractivity (Wildman–Crippen MR) is 125 cm³/mol. The van der Waals surface area contributed by atoms with Crippen LogP contribution in [0.5, 0.6) is 0 Å². The fourth-order valence-electron chi connectivity index (χ4n) is 2.92. The maximum absolute atomic E-state index is 13.1. The van der Waals surface area contributed by atoms with E-state index in [2.05, 4.69) is 0 Å². The van der Waals surface area contributed by atoms with Crippen LogP contribution in [-0.2, 0) is 26.2 Å². The van der Waals surface area contributed by atoms with Crippen LogP contribution in [-0.4, -0.2) is 23.0 Å². The number of carbonyl (C=O) groups is 1. The van der Waals surface area contributed by atoms with Crippen LogP contribution in [0.1, 0.15) is 55.1 Å². The topological polar surface area (TPSA) is 98.9 Å². The van der Waals surface area contributed by atoms with Crippen molar-refractivity contribution >= 4 is 37.0 Å². The zero-order valence-electron chi connectivity index (χ0n) is 18.8. The number of halogens is 4. The number of unbranched alkanes of at least 4 members (excludes halogenated alkanes) is 1. The molecule has 2 aromatic carbocycles. The Labute approximate surface area is 205 Å². The molecule has 0 aliphatic heterocycles. The summed E-state index contributed by atoms with van der Waals surface area (Å²) in [5, 5.41) is 0.420. The van der Waals surface area contributed by atoms with E-state index in [1.54, 1.807) is 18.2 Å². The van der Waals surface area contributed by atoms with Gasteiger partial charge in [0.05, 0.1) is 12.2 Å². The van der Waals surface area contributed by atoms with Gasteiger partial charge in [-0.25, -0.2) is 4.57 Å². The van der Waals surface area contributed by atoms with E-state index in [4.69, 9.17) is 26.4 Å². The molecular weight excluding hydrogens is 514 g/mol. The lowest BCUT2D eigenvalue weighted by Crippen LogP contribution is -2.34. The van der Waals surface area contributed by atoms with Gasteiger partial charge in [-0.3, -0.25) is 13.8 Å². The Hall–Kier alpha value is -1.39. The van der Waals surface area contributed by atoms with Crippen LogP contribution in [0.2, 0.25) is 5.02 Å². The number of ketones is 1. The molecule has 0 spiro atoms. The van der Waals surface area contributed by atoms with Gasteiger partial charge in [-0.2, -0.15) is 13.2 Å². The van der Waals surface area contributed by atoms with Crippen LogP contribution < -0.4 is 5.73 Å². The number of hydrogen-bond acceptors (Lipinski definition) is 6. The first kappa shape index (κ1) is 28.8. The maximum atomic E-state index is 13.1. The summed E-state index contributed by atoms with van der Waals surface area (Å²) in [6.45, 7) is 4.14. The summed E-state index contributed by atoms with van der Waals surface area (Å²) in [6.07, 6.45) is -2.92. The van der Waals surface area contributed by atoms with Crippen LogP contribution in [0.4, 0.5) is 13.2 Å². The van der Waals surface area contributed by atoms with Gasteiger partial charge in [0.15, 0.2) is 5.78 Å². The maximum Gasteiger partial charge on any atom is 0.473 e. The van der Waals surface area contributed by atoms with E-state index in [0.29, 0.717) is 29.2 Å². The van der Waals surface area contributed by atoms with Gasteiger partial charge in [-0.1, -0.05) is 29.4 Å². The Balaban J connectivity index is 2.00. The Morgan fingerprint density at radius 3 is 2.41 bits per heavy atom. The van der Waals surface area contributed by atoms with E-state index in [9.17, 15) is 27.4 Å². The number of benzene rings is 2. The lowest BCUT2D eigenvalue weighted by molar-refractivity contribution is -0.137. The van der Waals surface area contributed by atoms with Crippen molar-refractivity contribution in [1.82, 2.24) is 0 Å². The summed E-state index contributed by atoms with van der Waals surface area (Å²) in [6, 6.07) is 8.12. The molecule has 0 amide bonds. The third-order valence-corrected chi connectivity index (χ3v) is 7.00. The van der Waals surface area contributed by atoms with Crippen molar-refractivity contribution in [3.63, 3.8) is 0 Å². The molecule has 188 valence electrons. The van der Waals surface area contributed by atoms with Crippen molar-refractivity contribution in [3.8, 4) is 0 Å². The molecule has 0 aromatic heterocycles. The lowest BCUT2D eigenvalue weighted by Gasteiger charge is -2.22. The summed E-state index contributed by atoms with van der Waals surface area (Å²) in [5.74, 6) is -0.339. The molecule has 12 heteroatoms. The highest BCUT2D eigenvalue weighted by Gasteiger charge is 2.31. The molecule has 6 nitrogen and oxygen atoms in total. The molecular formula is C22H26ClF3NO5PS. The highest BCUT2D eigenvalue weighted by atomic mass is 35.5. The fraction of sp³-hybridized carbons (Fsp3) is 0.409. The van der Waals surface area contributed by atoms with Crippen LogP contribution in [0.25, 0.3) is 0 Å². The molecule has 34 heavy (non-hydrogen) atoms. The quantitative estimate of drug-likeness (QED) is 0.139. The number of phosphoric ester groups is 1. The number of carbonyl (C=O) groups excluding carboxylic acids is 1. The number of rotatable bonds is 11. The minimum atomic E-state index is -4.52. The van der Waals surface area contributed by atoms with Crippen LogP contribution in [0.15, 0.2) is 46.2 Å². The molecule has 1 unspecified atom stereocenters. The first-order chi connectivity index (χ1) is 15.6. The van der Waals surface area contributed by atoms with Crippen molar-refractivity contribution < 1.29 is 36.5 Å². The molecule has 3 N–H and O–H groups in total. The second kappa shape index (κ2) is 11.6. The van der Waals surface area contributed by atoms with E-state index >= 15 is 0 Å². The summed E-state index contributed by atoms with van der Waals surface area (Å²) in [4.78, 5) is 22.2. The van der Waals surface area contributed by atoms with Crippen molar-refractivity contribution in [2.75, 3.05) is 6.61 Å². The third-order valence-electron chi connectivity index (χ3n) is 4.39. The Bertz CT molecular complexity index is 1080. The monoisotopic (exact) mass is 539 g/mol. The minimum Gasteiger partial charge on any atom is -0.303 e. The molecule has 2 rings (SSSR count). The van der Waals surface area contributed by atoms with Gasteiger partial charge in [0, 0.05) is 20.4 Å². The van der Waals surface area contributed by atoms with Gasteiger partial charge in [0.2, 0.25) is 0 Å². The van der Waals surface area contributed by atoms with Crippen molar-refractivity contribution in [2.45, 2.75) is 61.7 Å². The second-order valence-electron chi connectivity index (χ2n) is 8.07. The zero-order chi connectivity index (χ0) is 25.7. The highest BCUT2D eigenvalue weighted by Crippen LogP contribution is 2.46. The fourth-order valence-corrected chi connectivity index (χ4v) is 5.34. The second-order valence-corrected chi connectivity index (χ2v) is 11.0. The Kier molecular flexibility index (Phi) is 9.81. The molecule has 0 aliphatic rings. The van der Waals surface area contributed by atoms with Gasteiger partial charge in [-0.15, -0.1) is 0 Å². The third kappa shape index (κ3) is 9.34. The molecule has 0 fully saturated rings. The average molecular weight is 540 g/mol. The van der Waals surface area contributed by atoms with Crippen molar-refractivity contribution in [3.05, 3.63) is 58.1 Å². The zero-order valence-corrected chi connectivity index (χ0v) is 21.3. The summed E-state index contributed by atoms with van der Waals surface area (Å²) >= 11 is 7.38. The normalized spacial score (nSPS) is 14.1. The van der Waals surface area contributed by atoms with E-state index in [0.717, 1.165) is 29.5 Å². The average Bonchev–Trinajstić information content (AvgIpc) is 2.66.